The second-order valence-electron chi connectivity index (χ2n) is 7.78. The number of methoxy groups -OCH3 is 2. The van der Waals surface area contributed by atoms with Gasteiger partial charge in [0.15, 0.2) is 15.0 Å². The Morgan fingerprint density at radius 3 is 2.52 bits per heavy atom. The fraction of sp³-hybridized carbons (Fsp3) is 0.348. The third-order valence-electron chi connectivity index (χ3n) is 5.75. The first-order valence-electron chi connectivity index (χ1n) is 10.4. The van der Waals surface area contributed by atoms with Crippen molar-refractivity contribution in [3.8, 4) is 11.5 Å². The van der Waals surface area contributed by atoms with Gasteiger partial charge >= 0.3 is 0 Å². The van der Waals surface area contributed by atoms with Crippen molar-refractivity contribution >= 4 is 26.3 Å². The number of sulfone groups is 1. The molecule has 0 unspecified atom stereocenters. The van der Waals surface area contributed by atoms with Crippen LogP contribution in [0, 0.1) is 11.6 Å². The van der Waals surface area contributed by atoms with Crippen molar-refractivity contribution in [2.45, 2.75) is 29.4 Å². The Kier molecular flexibility index (Phi) is 6.85. The summed E-state index contributed by atoms with van der Waals surface area (Å²) in [5, 5.41) is 2.08. The molecule has 1 fully saturated rings. The zero-order chi connectivity index (χ0) is 23.6. The van der Waals surface area contributed by atoms with Gasteiger partial charge in [0.1, 0.15) is 28.0 Å². The number of hydrogen-bond donors (Lipinski definition) is 0. The van der Waals surface area contributed by atoms with Crippen molar-refractivity contribution in [2.75, 3.05) is 32.2 Å². The molecule has 1 aliphatic rings. The molecule has 6 nitrogen and oxygen atoms in total. The van der Waals surface area contributed by atoms with E-state index in [4.69, 9.17) is 14.5 Å². The number of rotatable bonds is 7. The van der Waals surface area contributed by atoms with E-state index in [2.05, 4.69) is 0 Å². The van der Waals surface area contributed by atoms with E-state index in [1.54, 1.807) is 14.2 Å². The first-order chi connectivity index (χ1) is 15.8. The molecular weight excluding hydrogens is 470 g/mol. The minimum absolute atomic E-state index is 0.345. The highest BCUT2D eigenvalue weighted by Gasteiger charge is 2.34. The third-order valence-corrected chi connectivity index (χ3v) is 8.99. The molecule has 0 spiro atoms. The number of halogens is 2. The maximum Gasteiger partial charge on any atom is 0.185 e. The number of ether oxygens (including phenoxy) is 2. The molecule has 0 atom stereocenters. The van der Waals surface area contributed by atoms with Crippen LogP contribution < -0.4 is 14.4 Å². The minimum atomic E-state index is -3.88. The summed E-state index contributed by atoms with van der Waals surface area (Å²) in [7, 11) is -0.645. The Balaban J connectivity index is 1.43. The number of benzene rings is 2. The van der Waals surface area contributed by atoms with Gasteiger partial charge in [-0.3, -0.25) is 0 Å². The smallest absolute Gasteiger partial charge is 0.185 e. The lowest BCUT2D eigenvalue weighted by Crippen LogP contribution is -2.39. The minimum Gasteiger partial charge on any atom is -0.497 e. The van der Waals surface area contributed by atoms with Crippen LogP contribution in [0.15, 0.2) is 46.7 Å². The number of piperidine rings is 1. The largest absolute Gasteiger partial charge is 0.497 e. The normalized spacial score (nSPS) is 15.0. The SMILES string of the molecule is COc1ccc(OC)c(Cc2csc(N3CCC(S(=O)(=O)c4ccc(F)cc4F)CC3)n2)c1. The Bertz CT molecular complexity index is 1240. The molecule has 0 radical (unpaired) electrons. The number of anilines is 1. The van der Waals surface area contributed by atoms with E-state index in [1.807, 2.05) is 28.5 Å². The van der Waals surface area contributed by atoms with Gasteiger partial charge in [-0.05, 0) is 43.2 Å². The summed E-state index contributed by atoms with van der Waals surface area (Å²) < 4.78 is 63.7. The molecule has 3 aromatic rings. The van der Waals surface area contributed by atoms with Gasteiger partial charge in [-0.1, -0.05) is 0 Å². The van der Waals surface area contributed by atoms with Crippen molar-refractivity contribution in [1.29, 1.82) is 0 Å². The average molecular weight is 495 g/mol. The quantitative estimate of drug-likeness (QED) is 0.452. The van der Waals surface area contributed by atoms with Crippen LogP contribution in [0.3, 0.4) is 0 Å². The summed E-state index contributed by atoms with van der Waals surface area (Å²) >= 11 is 1.50. The van der Waals surface area contributed by atoms with Gasteiger partial charge in [0.05, 0.1) is 25.2 Å². The molecule has 0 bridgehead atoms. The summed E-state index contributed by atoms with van der Waals surface area (Å²) in [5.41, 5.74) is 1.84. The van der Waals surface area contributed by atoms with E-state index in [0.29, 0.717) is 38.4 Å². The zero-order valence-electron chi connectivity index (χ0n) is 18.3. The Morgan fingerprint density at radius 1 is 1.09 bits per heavy atom. The summed E-state index contributed by atoms with van der Waals surface area (Å²) in [5.74, 6) is -0.353. The lowest BCUT2D eigenvalue weighted by Gasteiger charge is -2.31. The van der Waals surface area contributed by atoms with Crippen molar-refractivity contribution in [2.24, 2.45) is 0 Å². The number of hydrogen-bond acceptors (Lipinski definition) is 7. The molecule has 0 saturated carbocycles. The first kappa shape index (κ1) is 23.4. The van der Waals surface area contributed by atoms with Crippen LogP contribution in [0.2, 0.25) is 0 Å². The molecule has 0 N–H and O–H groups in total. The Morgan fingerprint density at radius 2 is 1.85 bits per heavy atom. The van der Waals surface area contributed by atoms with Crippen LogP contribution in [0.25, 0.3) is 0 Å². The van der Waals surface area contributed by atoms with Crippen LogP contribution in [-0.4, -0.2) is 46.0 Å². The lowest BCUT2D eigenvalue weighted by atomic mass is 10.1. The van der Waals surface area contributed by atoms with E-state index in [1.165, 1.54) is 11.3 Å². The van der Waals surface area contributed by atoms with Gasteiger partial charge in [-0.25, -0.2) is 22.2 Å². The van der Waals surface area contributed by atoms with Crippen molar-refractivity contribution < 1.29 is 26.7 Å². The monoisotopic (exact) mass is 494 g/mol. The van der Waals surface area contributed by atoms with Crippen molar-refractivity contribution in [3.05, 3.63) is 64.7 Å². The number of nitrogens with zero attached hydrogens (tertiary/aromatic N) is 2. The summed E-state index contributed by atoms with van der Waals surface area (Å²) in [6.07, 6.45) is 1.26. The standard InChI is InChI=1S/C23H24F2N2O4S2/c1-30-18-4-5-21(31-2)15(12-18)11-17-14-32-23(26-17)27-9-7-19(8-10-27)33(28,29)22-6-3-16(24)13-20(22)25/h3-6,12-14,19H,7-11H2,1-2H3. The van der Waals surface area contributed by atoms with Crippen LogP contribution in [-0.2, 0) is 16.3 Å². The average Bonchev–Trinajstić information content (AvgIpc) is 3.27. The first-order valence-corrected chi connectivity index (χ1v) is 12.8. The highest BCUT2D eigenvalue weighted by Crippen LogP contribution is 2.32. The van der Waals surface area contributed by atoms with Crippen LogP contribution >= 0.6 is 11.3 Å². The lowest BCUT2D eigenvalue weighted by molar-refractivity contribution is 0.399. The molecule has 1 aliphatic heterocycles. The second-order valence-corrected chi connectivity index (χ2v) is 10.8. The van der Waals surface area contributed by atoms with E-state index in [-0.39, 0.29) is 0 Å². The summed E-state index contributed by atoms with van der Waals surface area (Å²) in [6.45, 7) is 0.976. The number of aromatic nitrogens is 1. The second kappa shape index (κ2) is 9.64. The molecule has 0 aliphatic carbocycles. The summed E-state index contributed by atoms with van der Waals surface area (Å²) in [4.78, 5) is 6.33. The van der Waals surface area contributed by atoms with Gasteiger partial charge in [0.25, 0.3) is 0 Å². The molecule has 4 rings (SSSR count). The third kappa shape index (κ3) is 4.96. The maximum atomic E-state index is 14.1. The summed E-state index contributed by atoms with van der Waals surface area (Å²) in [6, 6.07) is 8.20. The highest BCUT2D eigenvalue weighted by molar-refractivity contribution is 7.92. The molecule has 2 aromatic carbocycles. The van der Waals surface area contributed by atoms with Crippen LogP contribution in [0.1, 0.15) is 24.1 Å². The molecular formula is C23H24F2N2O4S2. The molecule has 1 saturated heterocycles. The van der Waals surface area contributed by atoms with Crippen LogP contribution in [0.4, 0.5) is 13.9 Å². The van der Waals surface area contributed by atoms with E-state index >= 15 is 0 Å². The zero-order valence-corrected chi connectivity index (χ0v) is 19.9. The molecule has 10 heteroatoms. The van der Waals surface area contributed by atoms with Crippen LogP contribution in [0.5, 0.6) is 11.5 Å². The molecule has 1 aromatic heterocycles. The van der Waals surface area contributed by atoms with E-state index in [0.717, 1.165) is 40.0 Å². The maximum absolute atomic E-state index is 14.1. The molecule has 176 valence electrons. The number of thiazole rings is 1. The highest BCUT2D eigenvalue weighted by atomic mass is 32.2. The van der Waals surface area contributed by atoms with Gasteiger partial charge in [0, 0.05) is 36.5 Å². The van der Waals surface area contributed by atoms with Gasteiger partial charge in [-0.2, -0.15) is 0 Å². The fourth-order valence-corrected chi connectivity index (χ4v) is 6.64. The Labute approximate surface area is 195 Å². The van der Waals surface area contributed by atoms with E-state index < -0.39 is 31.6 Å². The predicted octanol–water partition coefficient (Wildman–Crippen LogP) is 4.47. The molecule has 33 heavy (non-hydrogen) atoms. The van der Waals surface area contributed by atoms with Crippen molar-refractivity contribution in [3.63, 3.8) is 0 Å². The van der Waals surface area contributed by atoms with Gasteiger partial charge in [0.2, 0.25) is 0 Å². The molecule has 2 heterocycles. The van der Waals surface area contributed by atoms with Gasteiger partial charge in [-0.15, -0.1) is 11.3 Å². The Hall–Kier alpha value is -2.72. The molecule has 0 amide bonds. The van der Waals surface area contributed by atoms with Crippen molar-refractivity contribution in [1.82, 2.24) is 4.98 Å². The fourth-order valence-electron chi connectivity index (χ4n) is 3.98. The van der Waals surface area contributed by atoms with E-state index in [9.17, 15) is 17.2 Å². The topological polar surface area (TPSA) is 68.7 Å². The predicted molar refractivity (Wildman–Crippen MR) is 123 cm³/mol. The van der Waals surface area contributed by atoms with Gasteiger partial charge < -0.3 is 14.4 Å².